The molecule has 0 N–H and O–H groups in total. The Balaban J connectivity index is 2.23. The average molecular weight is 266 g/mol. The average Bonchev–Trinajstić information content (AvgIpc) is 2.47. The Kier molecular flexibility index (Phi) is 4.11. The molecule has 0 spiro atoms. The number of nitrogens with zero attached hydrogens (tertiary/aromatic N) is 2. The molecule has 0 amide bonds. The smallest absolute Gasteiger partial charge is 0.152 e. The predicted molar refractivity (Wildman–Crippen MR) is 74.6 cm³/mol. The third-order valence-corrected chi connectivity index (χ3v) is 3.07. The summed E-state index contributed by atoms with van der Waals surface area (Å²) in [6.07, 6.45) is 2.31. The van der Waals surface area contributed by atoms with E-state index in [0.29, 0.717) is 23.5 Å². The summed E-state index contributed by atoms with van der Waals surface area (Å²) in [6, 6.07) is 9.32. The summed E-state index contributed by atoms with van der Waals surface area (Å²) in [5, 5.41) is 8.86. The zero-order valence-electron chi connectivity index (χ0n) is 11.4. The molecule has 4 heteroatoms. The van der Waals surface area contributed by atoms with Gasteiger partial charge in [-0.1, -0.05) is 12.1 Å². The first-order valence-corrected chi connectivity index (χ1v) is 6.19. The highest BCUT2D eigenvalue weighted by atomic mass is 16.5. The lowest BCUT2D eigenvalue weighted by Crippen LogP contribution is -2.03. The number of hydrogen-bond acceptors (Lipinski definition) is 4. The van der Waals surface area contributed by atoms with Crippen molar-refractivity contribution in [2.75, 3.05) is 0 Å². The fraction of sp³-hybridized carbons (Fsp3) is 0.188. The Hall–Kier alpha value is -2.67. The van der Waals surface area contributed by atoms with Gasteiger partial charge in [-0.05, 0) is 31.5 Å². The minimum Gasteiger partial charge on any atom is -0.487 e. The van der Waals surface area contributed by atoms with Crippen molar-refractivity contribution in [3.05, 3.63) is 58.4 Å². The van der Waals surface area contributed by atoms with Gasteiger partial charge >= 0.3 is 0 Å². The lowest BCUT2D eigenvalue weighted by atomic mass is 10.1. The summed E-state index contributed by atoms with van der Waals surface area (Å²) in [6.45, 7) is 4.00. The number of ether oxygens (including phenoxy) is 1. The van der Waals surface area contributed by atoms with Crippen molar-refractivity contribution in [2.45, 2.75) is 20.5 Å². The highest BCUT2D eigenvalue weighted by Crippen LogP contribution is 2.24. The number of hydrogen-bond donors (Lipinski definition) is 0. The van der Waals surface area contributed by atoms with E-state index in [0.717, 1.165) is 23.1 Å². The molecule has 2 aromatic rings. The molecule has 1 aromatic carbocycles. The van der Waals surface area contributed by atoms with E-state index in [9.17, 15) is 4.79 Å². The molecule has 0 saturated heterocycles. The number of carbonyl (C=O) groups is 1. The van der Waals surface area contributed by atoms with Crippen LogP contribution in [-0.2, 0) is 6.61 Å². The first-order valence-electron chi connectivity index (χ1n) is 6.19. The van der Waals surface area contributed by atoms with Crippen molar-refractivity contribution >= 4 is 6.29 Å². The second-order valence-electron chi connectivity index (χ2n) is 4.47. The summed E-state index contributed by atoms with van der Waals surface area (Å²) < 4.78 is 5.76. The lowest BCUT2D eigenvalue weighted by Gasteiger charge is -2.12. The fourth-order valence-corrected chi connectivity index (χ4v) is 1.94. The van der Waals surface area contributed by atoms with Crippen LogP contribution < -0.4 is 4.74 Å². The van der Waals surface area contributed by atoms with E-state index in [1.807, 2.05) is 26.0 Å². The van der Waals surface area contributed by atoms with Gasteiger partial charge in [-0.25, -0.2) is 0 Å². The minimum absolute atomic E-state index is 0.335. The maximum absolute atomic E-state index is 10.9. The predicted octanol–water partition coefficient (Wildman–Crippen LogP) is 2.96. The molecule has 20 heavy (non-hydrogen) atoms. The van der Waals surface area contributed by atoms with E-state index in [1.54, 1.807) is 18.3 Å². The molecule has 4 nitrogen and oxygen atoms in total. The number of rotatable bonds is 4. The molecule has 0 bridgehead atoms. The van der Waals surface area contributed by atoms with Crippen molar-refractivity contribution in [2.24, 2.45) is 0 Å². The van der Waals surface area contributed by atoms with E-state index in [4.69, 9.17) is 10.00 Å². The van der Waals surface area contributed by atoms with Gasteiger partial charge in [0.25, 0.3) is 0 Å². The maximum atomic E-state index is 10.9. The van der Waals surface area contributed by atoms with Gasteiger partial charge in [0.15, 0.2) is 6.29 Å². The standard InChI is InChI=1S/C16H14N2O2/c1-11-15(9-19)8-18-12(2)16(11)20-10-14-5-3-4-13(6-14)7-17/h3-6,8-9H,10H2,1-2H3. The lowest BCUT2D eigenvalue weighted by molar-refractivity contribution is 0.112. The van der Waals surface area contributed by atoms with E-state index in [2.05, 4.69) is 11.1 Å². The van der Waals surface area contributed by atoms with Crippen molar-refractivity contribution in [3.63, 3.8) is 0 Å². The van der Waals surface area contributed by atoms with E-state index >= 15 is 0 Å². The quantitative estimate of drug-likeness (QED) is 0.798. The molecule has 2 rings (SSSR count). The molecular formula is C16H14N2O2. The van der Waals surface area contributed by atoms with Crippen LogP contribution >= 0.6 is 0 Å². The molecular weight excluding hydrogens is 252 g/mol. The largest absolute Gasteiger partial charge is 0.487 e. The van der Waals surface area contributed by atoms with Gasteiger partial charge in [-0.15, -0.1) is 0 Å². The summed E-state index contributed by atoms with van der Waals surface area (Å²) in [4.78, 5) is 15.1. The van der Waals surface area contributed by atoms with Crippen molar-refractivity contribution in [1.82, 2.24) is 4.98 Å². The van der Waals surface area contributed by atoms with Gasteiger partial charge in [0.05, 0.1) is 17.3 Å². The Morgan fingerprint density at radius 3 is 2.90 bits per heavy atom. The number of aromatic nitrogens is 1. The summed E-state index contributed by atoms with van der Waals surface area (Å²) in [5.74, 6) is 0.622. The number of benzene rings is 1. The van der Waals surface area contributed by atoms with Crippen LogP contribution in [0.15, 0.2) is 30.5 Å². The normalized spacial score (nSPS) is 9.85. The van der Waals surface area contributed by atoms with E-state index in [1.165, 1.54) is 0 Å². The number of aldehydes is 1. The van der Waals surface area contributed by atoms with Crippen LogP contribution in [0.4, 0.5) is 0 Å². The minimum atomic E-state index is 0.335. The van der Waals surface area contributed by atoms with Crippen LogP contribution in [0.5, 0.6) is 5.75 Å². The zero-order chi connectivity index (χ0) is 14.5. The third-order valence-electron chi connectivity index (χ3n) is 3.07. The Morgan fingerprint density at radius 2 is 2.20 bits per heavy atom. The summed E-state index contributed by atoms with van der Waals surface area (Å²) in [7, 11) is 0. The first kappa shape index (κ1) is 13.8. The molecule has 0 unspecified atom stereocenters. The van der Waals surface area contributed by atoms with Crippen LogP contribution in [0.1, 0.15) is 32.7 Å². The summed E-state index contributed by atoms with van der Waals surface area (Å²) in [5.41, 5.74) is 3.54. The molecule has 0 saturated carbocycles. The molecule has 0 radical (unpaired) electrons. The molecule has 0 aliphatic heterocycles. The van der Waals surface area contributed by atoms with E-state index in [-0.39, 0.29) is 0 Å². The summed E-state index contributed by atoms with van der Waals surface area (Å²) >= 11 is 0. The van der Waals surface area contributed by atoms with Gasteiger partial charge in [0, 0.05) is 17.3 Å². The Morgan fingerprint density at radius 1 is 1.40 bits per heavy atom. The topological polar surface area (TPSA) is 63.0 Å². The fourth-order valence-electron chi connectivity index (χ4n) is 1.94. The van der Waals surface area contributed by atoms with E-state index < -0.39 is 0 Å². The molecule has 0 aliphatic carbocycles. The van der Waals surface area contributed by atoms with Crippen molar-refractivity contribution in [3.8, 4) is 11.8 Å². The highest BCUT2D eigenvalue weighted by Gasteiger charge is 2.10. The van der Waals surface area contributed by atoms with Crippen LogP contribution in [0.25, 0.3) is 0 Å². The number of nitriles is 1. The van der Waals surface area contributed by atoms with Crippen LogP contribution in [0.3, 0.4) is 0 Å². The van der Waals surface area contributed by atoms with Crippen LogP contribution in [0.2, 0.25) is 0 Å². The number of carbonyl (C=O) groups excluding carboxylic acids is 1. The first-order chi connectivity index (χ1) is 9.65. The SMILES string of the molecule is Cc1ncc(C=O)c(C)c1OCc1cccc(C#N)c1. The van der Waals surface area contributed by atoms with Gasteiger partial charge in [-0.3, -0.25) is 9.78 Å². The Labute approximate surface area is 117 Å². The second kappa shape index (κ2) is 5.98. The zero-order valence-corrected chi connectivity index (χ0v) is 11.4. The molecule has 1 aromatic heterocycles. The van der Waals surface area contributed by atoms with Gasteiger partial charge < -0.3 is 4.74 Å². The molecule has 0 fully saturated rings. The van der Waals surface area contributed by atoms with Crippen LogP contribution in [0, 0.1) is 25.2 Å². The molecule has 100 valence electrons. The molecule has 1 heterocycles. The van der Waals surface area contributed by atoms with Gasteiger partial charge in [0.1, 0.15) is 12.4 Å². The van der Waals surface area contributed by atoms with Gasteiger partial charge in [-0.2, -0.15) is 5.26 Å². The van der Waals surface area contributed by atoms with Crippen molar-refractivity contribution in [1.29, 1.82) is 5.26 Å². The van der Waals surface area contributed by atoms with Crippen molar-refractivity contribution < 1.29 is 9.53 Å². The monoisotopic (exact) mass is 266 g/mol. The number of aryl methyl sites for hydroxylation is 1. The molecule has 0 atom stereocenters. The highest BCUT2D eigenvalue weighted by molar-refractivity contribution is 5.78. The van der Waals surface area contributed by atoms with Crippen LogP contribution in [-0.4, -0.2) is 11.3 Å². The molecule has 0 aliphatic rings. The number of pyridine rings is 1. The van der Waals surface area contributed by atoms with Gasteiger partial charge in [0.2, 0.25) is 0 Å². The maximum Gasteiger partial charge on any atom is 0.152 e. The third kappa shape index (κ3) is 2.83. The Bertz CT molecular complexity index is 687. The second-order valence-corrected chi connectivity index (χ2v) is 4.47.